The fourth-order valence-electron chi connectivity index (χ4n) is 8.84. The van der Waals surface area contributed by atoms with E-state index in [2.05, 4.69) is 240 Å². The molecule has 0 amide bonds. The Morgan fingerprint density at radius 1 is 0.310 bits per heavy atom. The number of rotatable bonds is 7. The first-order valence-corrected chi connectivity index (χ1v) is 19.9. The van der Waals surface area contributed by atoms with Gasteiger partial charge in [0.05, 0.1) is 11.0 Å². The predicted molar refractivity (Wildman–Crippen MR) is 247 cm³/mol. The van der Waals surface area contributed by atoms with Crippen molar-refractivity contribution in [2.75, 3.05) is 4.90 Å². The molecule has 0 aliphatic carbocycles. The molecule has 10 aromatic carbocycles. The largest absolute Gasteiger partial charge is 0.311 e. The third kappa shape index (κ3) is 5.74. The maximum atomic E-state index is 2.49. The Morgan fingerprint density at radius 2 is 0.759 bits per heavy atom. The van der Waals surface area contributed by atoms with E-state index in [1.807, 2.05) is 0 Å². The molecule has 0 bridgehead atoms. The Hall–Kier alpha value is -7.68. The normalized spacial score (nSPS) is 11.4. The number of hydrogen-bond donors (Lipinski definition) is 0. The van der Waals surface area contributed by atoms with Crippen LogP contribution in [0.4, 0.5) is 17.1 Å². The van der Waals surface area contributed by atoms with Crippen LogP contribution >= 0.6 is 0 Å². The standard InChI is InChI=1S/C56H38N2/c1-4-14-39(15-5-1)41-24-29-46(30-25-41)57(47-31-26-42(27-32-47)40-16-6-2-7-17-40)48-33-35-49(36-34-48)58-53-37-28-43-18-10-12-22-50(43)55(53)52-38-45-21-11-13-23-51(45)54(56(52)58)44-19-8-3-9-20-44/h1-38H. The molecule has 272 valence electrons. The summed E-state index contributed by atoms with van der Waals surface area (Å²) in [4.78, 5) is 2.36. The molecule has 11 aromatic rings. The molecular formula is C56H38N2. The van der Waals surface area contributed by atoms with Crippen LogP contribution in [0.5, 0.6) is 0 Å². The van der Waals surface area contributed by atoms with Crippen LogP contribution in [0.3, 0.4) is 0 Å². The predicted octanol–water partition coefficient (Wildman–Crippen LogP) is 15.6. The third-order valence-electron chi connectivity index (χ3n) is 11.6. The highest BCUT2D eigenvalue weighted by Gasteiger charge is 2.22. The second-order valence-electron chi connectivity index (χ2n) is 14.9. The van der Waals surface area contributed by atoms with E-state index in [9.17, 15) is 0 Å². The Bertz CT molecular complexity index is 3140. The summed E-state index contributed by atoms with van der Waals surface area (Å²) in [6, 6.07) is 83.6. The van der Waals surface area contributed by atoms with Crippen LogP contribution < -0.4 is 4.90 Å². The minimum Gasteiger partial charge on any atom is -0.311 e. The van der Waals surface area contributed by atoms with Crippen molar-refractivity contribution in [3.63, 3.8) is 0 Å². The summed E-state index contributed by atoms with van der Waals surface area (Å²) < 4.78 is 2.49. The Labute approximate surface area is 338 Å². The summed E-state index contributed by atoms with van der Waals surface area (Å²) in [5, 5.41) is 7.52. The minimum atomic E-state index is 1.09. The van der Waals surface area contributed by atoms with Crippen molar-refractivity contribution in [3.8, 4) is 39.1 Å². The molecule has 2 nitrogen and oxygen atoms in total. The summed E-state index contributed by atoms with van der Waals surface area (Å²) in [5.74, 6) is 0. The lowest BCUT2D eigenvalue weighted by Crippen LogP contribution is -2.10. The molecule has 2 heteroatoms. The van der Waals surface area contributed by atoms with E-state index < -0.39 is 0 Å². The van der Waals surface area contributed by atoms with Gasteiger partial charge in [-0.2, -0.15) is 0 Å². The average Bonchev–Trinajstić information content (AvgIpc) is 3.64. The Balaban J connectivity index is 1.11. The SMILES string of the molecule is c1ccc(-c2ccc(N(c3ccc(-c4ccccc4)cc3)c3ccc(-n4c5ccc6ccccc6c5c5cc6ccccc6c(-c6ccccc6)c54)cc3)cc2)cc1. The molecule has 1 heterocycles. The molecule has 0 unspecified atom stereocenters. The van der Waals surface area contributed by atoms with Crippen molar-refractivity contribution in [2.24, 2.45) is 0 Å². The summed E-state index contributed by atoms with van der Waals surface area (Å²) in [6.07, 6.45) is 0. The van der Waals surface area contributed by atoms with Gasteiger partial charge in [0.15, 0.2) is 0 Å². The lowest BCUT2D eigenvalue weighted by molar-refractivity contribution is 1.18. The molecule has 11 rings (SSSR count). The molecule has 0 aliphatic heterocycles. The van der Waals surface area contributed by atoms with Gasteiger partial charge in [-0.3, -0.25) is 0 Å². The Kier molecular flexibility index (Phi) is 8.19. The van der Waals surface area contributed by atoms with Gasteiger partial charge in [-0.25, -0.2) is 0 Å². The molecule has 0 atom stereocenters. The molecule has 0 fully saturated rings. The highest BCUT2D eigenvalue weighted by molar-refractivity contribution is 6.27. The maximum absolute atomic E-state index is 2.49. The van der Waals surface area contributed by atoms with E-state index in [1.165, 1.54) is 76.7 Å². The van der Waals surface area contributed by atoms with Gasteiger partial charge in [-0.05, 0) is 110 Å². The van der Waals surface area contributed by atoms with Crippen LogP contribution in [-0.2, 0) is 0 Å². The first-order valence-electron chi connectivity index (χ1n) is 19.9. The van der Waals surface area contributed by atoms with Crippen LogP contribution in [0.2, 0.25) is 0 Å². The molecule has 0 radical (unpaired) electrons. The number of aromatic nitrogens is 1. The average molecular weight is 739 g/mol. The van der Waals surface area contributed by atoms with E-state index in [1.54, 1.807) is 0 Å². The minimum absolute atomic E-state index is 1.09. The maximum Gasteiger partial charge on any atom is 0.0626 e. The van der Waals surface area contributed by atoms with Crippen LogP contribution in [0.1, 0.15) is 0 Å². The van der Waals surface area contributed by atoms with Crippen LogP contribution in [-0.4, -0.2) is 4.57 Å². The molecule has 0 spiro atoms. The molecule has 0 N–H and O–H groups in total. The fraction of sp³-hybridized carbons (Fsp3) is 0. The topological polar surface area (TPSA) is 8.17 Å². The van der Waals surface area contributed by atoms with E-state index in [0.29, 0.717) is 0 Å². The first kappa shape index (κ1) is 33.6. The molecule has 58 heavy (non-hydrogen) atoms. The first-order chi connectivity index (χ1) is 28.8. The summed E-state index contributed by atoms with van der Waals surface area (Å²) in [5.41, 5.74) is 14.1. The van der Waals surface area contributed by atoms with E-state index in [0.717, 1.165) is 22.7 Å². The summed E-state index contributed by atoms with van der Waals surface area (Å²) >= 11 is 0. The zero-order chi connectivity index (χ0) is 38.4. The van der Waals surface area contributed by atoms with E-state index >= 15 is 0 Å². The monoisotopic (exact) mass is 738 g/mol. The van der Waals surface area contributed by atoms with Crippen molar-refractivity contribution in [1.82, 2.24) is 4.57 Å². The molecular weight excluding hydrogens is 701 g/mol. The van der Waals surface area contributed by atoms with Gasteiger partial charge >= 0.3 is 0 Å². The third-order valence-corrected chi connectivity index (χ3v) is 11.6. The van der Waals surface area contributed by atoms with Crippen molar-refractivity contribution in [3.05, 3.63) is 231 Å². The van der Waals surface area contributed by atoms with Crippen molar-refractivity contribution < 1.29 is 0 Å². The van der Waals surface area contributed by atoms with Gasteiger partial charge in [-0.1, -0.05) is 170 Å². The van der Waals surface area contributed by atoms with E-state index in [-0.39, 0.29) is 0 Å². The van der Waals surface area contributed by atoms with Crippen LogP contribution in [0, 0.1) is 0 Å². The van der Waals surface area contributed by atoms with Gasteiger partial charge in [0.25, 0.3) is 0 Å². The number of fused-ring (bicyclic) bond motifs is 6. The van der Waals surface area contributed by atoms with Crippen LogP contribution in [0.15, 0.2) is 231 Å². The zero-order valence-corrected chi connectivity index (χ0v) is 31.8. The highest BCUT2D eigenvalue weighted by Crippen LogP contribution is 2.45. The highest BCUT2D eigenvalue weighted by atomic mass is 15.1. The van der Waals surface area contributed by atoms with Gasteiger partial charge < -0.3 is 9.47 Å². The van der Waals surface area contributed by atoms with Crippen LogP contribution in [0.25, 0.3) is 82.4 Å². The summed E-state index contributed by atoms with van der Waals surface area (Å²) in [6.45, 7) is 0. The molecule has 0 aliphatic rings. The zero-order valence-electron chi connectivity index (χ0n) is 31.8. The Morgan fingerprint density at radius 3 is 1.33 bits per heavy atom. The lowest BCUT2D eigenvalue weighted by atomic mass is 9.94. The quantitative estimate of drug-likeness (QED) is 0.158. The van der Waals surface area contributed by atoms with Crippen molar-refractivity contribution in [1.29, 1.82) is 0 Å². The number of benzene rings is 10. The second kappa shape index (κ2) is 14.1. The fourth-order valence-corrected chi connectivity index (χ4v) is 8.84. The van der Waals surface area contributed by atoms with Crippen molar-refractivity contribution >= 4 is 60.4 Å². The van der Waals surface area contributed by atoms with Gasteiger partial charge in [-0.15, -0.1) is 0 Å². The van der Waals surface area contributed by atoms with E-state index in [4.69, 9.17) is 0 Å². The second-order valence-corrected chi connectivity index (χ2v) is 14.9. The lowest BCUT2D eigenvalue weighted by Gasteiger charge is -2.26. The summed E-state index contributed by atoms with van der Waals surface area (Å²) in [7, 11) is 0. The molecule has 0 saturated heterocycles. The smallest absolute Gasteiger partial charge is 0.0626 e. The molecule has 0 saturated carbocycles. The van der Waals surface area contributed by atoms with Gasteiger partial charge in [0.2, 0.25) is 0 Å². The molecule has 1 aromatic heterocycles. The number of hydrogen-bond acceptors (Lipinski definition) is 1. The number of anilines is 3. The number of nitrogens with zero attached hydrogens (tertiary/aromatic N) is 2. The van der Waals surface area contributed by atoms with Gasteiger partial charge in [0, 0.05) is 39.1 Å². The van der Waals surface area contributed by atoms with Gasteiger partial charge in [0.1, 0.15) is 0 Å². The van der Waals surface area contributed by atoms with Crippen molar-refractivity contribution in [2.45, 2.75) is 0 Å².